The number of alkyl carbamates (subject to hydrolysis) is 1. The second kappa shape index (κ2) is 14.4. The second-order valence-corrected chi connectivity index (χ2v) is 11.9. The number of nitrogens with zero attached hydrogens (tertiary/aromatic N) is 2. The fourth-order valence-corrected chi connectivity index (χ4v) is 5.42. The van der Waals surface area contributed by atoms with Gasteiger partial charge in [-0.15, -0.1) is 0 Å². The highest BCUT2D eigenvalue weighted by molar-refractivity contribution is 5.99. The van der Waals surface area contributed by atoms with Crippen LogP contribution in [0.2, 0.25) is 0 Å². The van der Waals surface area contributed by atoms with Gasteiger partial charge in [-0.1, -0.05) is 30.0 Å². The summed E-state index contributed by atoms with van der Waals surface area (Å²) in [6, 6.07) is 8.82. The summed E-state index contributed by atoms with van der Waals surface area (Å²) >= 11 is 0. The van der Waals surface area contributed by atoms with Gasteiger partial charge in [-0.2, -0.15) is 0 Å². The zero-order valence-corrected chi connectivity index (χ0v) is 25.8. The van der Waals surface area contributed by atoms with Crippen LogP contribution < -0.4 is 26.4 Å². The average Bonchev–Trinajstić information content (AvgIpc) is 3.56. The Morgan fingerprint density at radius 2 is 1.93 bits per heavy atom. The fourth-order valence-electron chi connectivity index (χ4n) is 5.42. The van der Waals surface area contributed by atoms with E-state index in [0.717, 1.165) is 18.5 Å². The number of carbonyl (C=O) groups is 4. The second-order valence-electron chi connectivity index (χ2n) is 11.9. The summed E-state index contributed by atoms with van der Waals surface area (Å²) in [7, 11) is 1.32. The van der Waals surface area contributed by atoms with Crippen LogP contribution in [0.25, 0.3) is 0 Å². The number of nitrogens with one attached hydrogen (secondary N) is 3. The number of hydrogen-bond donors (Lipinski definition) is 4. The van der Waals surface area contributed by atoms with Gasteiger partial charge >= 0.3 is 12.1 Å². The number of ether oxygens (including phenoxy) is 2. The molecule has 0 aromatic heterocycles. The van der Waals surface area contributed by atoms with Gasteiger partial charge in [0.1, 0.15) is 11.6 Å². The molecule has 13 heteroatoms. The van der Waals surface area contributed by atoms with Gasteiger partial charge in [-0.25, -0.2) is 14.0 Å². The van der Waals surface area contributed by atoms with Gasteiger partial charge in [-0.05, 0) is 56.5 Å². The number of hydrogen-bond acceptors (Lipinski definition) is 8. The minimum absolute atomic E-state index is 0.0360. The maximum Gasteiger partial charge on any atom is 0.407 e. The van der Waals surface area contributed by atoms with Crippen LogP contribution in [0.5, 0.6) is 5.75 Å². The van der Waals surface area contributed by atoms with Gasteiger partial charge in [-0.3, -0.25) is 19.8 Å². The number of carbonyl (C=O) groups excluding carboxylic acids is 4. The zero-order chi connectivity index (χ0) is 32.7. The van der Waals surface area contributed by atoms with Crippen LogP contribution in [0.1, 0.15) is 60.3 Å². The number of methoxy groups -OCH3 is 1. The SMILES string of the molecule is COc1ccc2c(c1F)C(=O)N(CC(C#Cc1ccc(C(CN)N3CCC(NC(=O)OC(C)(C)C)C3)cc1)NC(=O)NC=O)C2. The number of imide groups is 1. The molecule has 2 aliphatic rings. The van der Waals surface area contributed by atoms with Gasteiger partial charge in [0.15, 0.2) is 11.6 Å². The van der Waals surface area contributed by atoms with E-state index in [9.17, 15) is 23.6 Å². The molecule has 5 amide bonds. The molecule has 1 saturated heterocycles. The first-order valence-electron chi connectivity index (χ1n) is 14.6. The van der Waals surface area contributed by atoms with Gasteiger partial charge in [0.25, 0.3) is 5.91 Å². The molecule has 5 N–H and O–H groups in total. The van der Waals surface area contributed by atoms with E-state index in [0.29, 0.717) is 24.2 Å². The average molecular weight is 623 g/mol. The maximum atomic E-state index is 14.8. The van der Waals surface area contributed by atoms with Crippen molar-refractivity contribution in [2.24, 2.45) is 5.73 Å². The first-order chi connectivity index (χ1) is 21.4. The van der Waals surface area contributed by atoms with Gasteiger partial charge < -0.3 is 30.7 Å². The molecule has 12 nitrogen and oxygen atoms in total. The first-order valence-corrected chi connectivity index (χ1v) is 14.6. The number of benzene rings is 2. The lowest BCUT2D eigenvalue weighted by molar-refractivity contribution is -0.108. The van der Waals surface area contributed by atoms with Gasteiger partial charge in [0.05, 0.1) is 19.2 Å². The van der Waals surface area contributed by atoms with E-state index >= 15 is 0 Å². The first kappa shape index (κ1) is 33.2. The van der Waals surface area contributed by atoms with Crippen LogP contribution in [-0.2, 0) is 16.1 Å². The smallest absolute Gasteiger partial charge is 0.407 e. The third-order valence-electron chi connectivity index (χ3n) is 7.46. The Kier molecular flexibility index (Phi) is 10.6. The Hall–Kier alpha value is -4.67. The minimum atomic E-state index is -0.872. The van der Waals surface area contributed by atoms with Crippen molar-refractivity contribution in [3.63, 3.8) is 0 Å². The zero-order valence-electron chi connectivity index (χ0n) is 25.8. The van der Waals surface area contributed by atoms with E-state index in [1.165, 1.54) is 18.1 Å². The van der Waals surface area contributed by atoms with E-state index < -0.39 is 35.5 Å². The molecule has 0 saturated carbocycles. The van der Waals surface area contributed by atoms with Crippen molar-refractivity contribution in [3.05, 3.63) is 64.5 Å². The van der Waals surface area contributed by atoms with Crippen LogP contribution in [0.15, 0.2) is 36.4 Å². The quantitative estimate of drug-likeness (QED) is 0.245. The van der Waals surface area contributed by atoms with Crippen LogP contribution in [-0.4, -0.2) is 85.2 Å². The number of amides is 5. The summed E-state index contributed by atoms with van der Waals surface area (Å²) in [5.74, 6) is 4.65. The molecule has 3 atom stereocenters. The summed E-state index contributed by atoms with van der Waals surface area (Å²) in [5.41, 5.74) is 7.63. The van der Waals surface area contributed by atoms with Crippen molar-refractivity contribution in [1.29, 1.82) is 0 Å². The monoisotopic (exact) mass is 622 g/mol. The lowest BCUT2D eigenvalue weighted by Crippen LogP contribution is -2.46. The summed E-state index contributed by atoms with van der Waals surface area (Å²) in [6.45, 7) is 7.31. The lowest BCUT2D eigenvalue weighted by atomic mass is 10.0. The summed E-state index contributed by atoms with van der Waals surface area (Å²) in [6.07, 6.45) is 0.570. The number of likely N-dealkylation sites (tertiary alicyclic amines) is 1. The molecular weight excluding hydrogens is 583 g/mol. The van der Waals surface area contributed by atoms with E-state index in [1.54, 1.807) is 6.07 Å². The standard InChI is InChI=1S/C32H39FN6O6/c1-32(2,3)45-31(43)37-24-13-14-38(17-24)25(15-34)21-8-5-20(6-9-21)7-11-23(36-30(42)35-19-40)18-39-16-22-10-12-26(44-4)28(33)27(22)29(39)41/h5-6,8-10,12,19,23-25H,13-18,34H2,1-4H3,(H,37,43)(H2,35,36,40,42). The molecule has 0 bridgehead atoms. The number of nitrogens with two attached hydrogens (primary N) is 1. The van der Waals surface area contributed by atoms with Crippen LogP contribution in [0.4, 0.5) is 14.0 Å². The minimum Gasteiger partial charge on any atom is -0.494 e. The highest BCUT2D eigenvalue weighted by atomic mass is 19.1. The number of urea groups is 1. The van der Waals surface area contributed by atoms with Crippen LogP contribution in [0.3, 0.4) is 0 Å². The molecule has 0 spiro atoms. The molecule has 0 radical (unpaired) electrons. The van der Waals surface area contributed by atoms with Crippen molar-refractivity contribution in [2.45, 2.75) is 57.5 Å². The molecular formula is C32H39FN6O6. The molecule has 0 aliphatic carbocycles. The number of rotatable bonds is 9. The molecule has 4 rings (SSSR count). The highest BCUT2D eigenvalue weighted by Gasteiger charge is 2.34. The topological polar surface area (TPSA) is 155 Å². The molecule has 2 aromatic rings. The largest absolute Gasteiger partial charge is 0.494 e. The van der Waals surface area contributed by atoms with Crippen molar-refractivity contribution >= 4 is 24.4 Å². The Labute approximate surface area is 261 Å². The maximum absolute atomic E-state index is 14.8. The summed E-state index contributed by atoms with van der Waals surface area (Å²) < 4.78 is 25.2. The molecule has 45 heavy (non-hydrogen) atoms. The predicted octanol–water partition coefficient (Wildman–Crippen LogP) is 2.26. The lowest BCUT2D eigenvalue weighted by Gasteiger charge is -2.27. The Bertz CT molecular complexity index is 1480. The van der Waals surface area contributed by atoms with Crippen molar-refractivity contribution in [2.75, 3.05) is 33.3 Å². The van der Waals surface area contributed by atoms with Crippen molar-refractivity contribution < 1.29 is 33.0 Å². The van der Waals surface area contributed by atoms with E-state index in [1.807, 2.05) is 50.4 Å². The van der Waals surface area contributed by atoms with E-state index in [2.05, 4.69) is 27.4 Å². The van der Waals surface area contributed by atoms with E-state index in [-0.39, 0.29) is 42.9 Å². The predicted molar refractivity (Wildman–Crippen MR) is 164 cm³/mol. The van der Waals surface area contributed by atoms with Gasteiger partial charge in [0, 0.05) is 43.8 Å². The van der Waals surface area contributed by atoms with Crippen LogP contribution in [0, 0.1) is 17.7 Å². The fraction of sp³-hybridized carbons (Fsp3) is 0.438. The highest BCUT2D eigenvalue weighted by Crippen LogP contribution is 2.31. The summed E-state index contributed by atoms with van der Waals surface area (Å²) in [4.78, 5) is 51.8. The van der Waals surface area contributed by atoms with E-state index in [4.69, 9.17) is 15.2 Å². The number of fused-ring (bicyclic) bond motifs is 1. The molecule has 1 fully saturated rings. The molecule has 2 aliphatic heterocycles. The molecule has 2 heterocycles. The summed E-state index contributed by atoms with van der Waals surface area (Å²) in [5, 5.41) is 7.51. The Morgan fingerprint density at radius 1 is 1.20 bits per heavy atom. The normalized spacial score (nSPS) is 17.4. The molecule has 2 aromatic carbocycles. The van der Waals surface area contributed by atoms with Crippen molar-refractivity contribution in [3.8, 4) is 17.6 Å². The molecule has 240 valence electrons. The third kappa shape index (κ3) is 8.49. The molecule has 3 unspecified atom stereocenters. The Morgan fingerprint density at radius 3 is 2.58 bits per heavy atom. The van der Waals surface area contributed by atoms with Gasteiger partial charge in [0.2, 0.25) is 6.41 Å². The van der Waals surface area contributed by atoms with Crippen molar-refractivity contribution in [1.82, 2.24) is 25.8 Å². The third-order valence-corrected chi connectivity index (χ3v) is 7.46. The van der Waals surface area contributed by atoms with Crippen LogP contribution >= 0.6 is 0 Å². The Balaban J connectivity index is 1.43. The number of halogens is 1.